The molecule has 0 radical (unpaired) electrons. The summed E-state index contributed by atoms with van der Waals surface area (Å²) in [4.78, 5) is 25.3. The molecule has 156 valence electrons. The number of ether oxygens (including phenoxy) is 3. The zero-order valence-electron chi connectivity index (χ0n) is 16.7. The number of carbonyl (C=O) groups excluding carboxylic acids is 1. The highest BCUT2D eigenvalue weighted by molar-refractivity contribution is 6.30. The molecule has 0 saturated heterocycles. The van der Waals surface area contributed by atoms with E-state index in [1.54, 1.807) is 61.7 Å². The second-order valence-electron chi connectivity index (χ2n) is 6.60. The molecule has 31 heavy (non-hydrogen) atoms. The van der Waals surface area contributed by atoms with Crippen molar-refractivity contribution in [2.24, 2.45) is 0 Å². The average molecular weight is 437 g/mol. The van der Waals surface area contributed by atoms with Crippen LogP contribution in [-0.4, -0.2) is 20.2 Å². The van der Waals surface area contributed by atoms with Crippen LogP contribution in [0.2, 0.25) is 5.02 Å². The van der Waals surface area contributed by atoms with Crippen LogP contribution in [0.3, 0.4) is 0 Å². The number of carbonyl (C=O) groups is 1. The van der Waals surface area contributed by atoms with Crippen LogP contribution in [0, 0.1) is 0 Å². The molecule has 3 aromatic carbocycles. The van der Waals surface area contributed by atoms with Crippen molar-refractivity contribution in [3.05, 3.63) is 87.7 Å². The Bertz CT molecular complexity index is 1320. The topological polar surface area (TPSA) is 75.0 Å². The summed E-state index contributed by atoms with van der Waals surface area (Å²) in [5.41, 5.74) is 1.44. The lowest BCUT2D eigenvalue weighted by molar-refractivity contribution is 0.0735. The molecule has 0 aliphatic rings. The molecule has 0 amide bonds. The molecule has 1 aromatic heterocycles. The third-order valence-electron chi connectivity index (χ3n) is 4.73. The Morgan fingerprint density at radius 2 is 1.65 bits per heavy atom. The molecule has 4 aromatic rings. The van der Waals surface area contributed by atoms with Crippen LogP contribution in [0.5, 0.6) is 17.2 Å². The van der Waals surface area contributed by atoms with Crippen molar-refractivity contribution in [2.75, 3.05) is 14.2 Å². The third-order valence-corrected chi connectivity index (χ3v) is 4.98. The lowest BCUT2D eigenvalue weighted by atomic mass is 10.0. The average Bonchev–Trinajstić information content (AvgIpc) is 2.79. The molecule has 0 N–H and O–H groups in total. The van der Waals surface area contributed by atoms with Crippen LogP contribution in [0.1, 0.15) is 10.4 Å². The van der Waals surface area contributed by atoms with Crippen LogP contribution < -0.4 is 19.6 Å². The molecular formula is C24H17ClO6. The van der Waals surface area contributed by atoms with E-state index in [1.165, 1.54) is 19.4 Å². The molecular weight excluding hydrogens is 420 g/mol. The Balaban J connectivity index is 1.66. The zero-order chi connectivity index (χ0) is 22.0. The van der Waals surface area contributed by atoms with Gasteiger partial charge >= 0.3 is 5.97 Å². The first-order valence-electron chi connectivity index (χ1n) is 9.26. The SMILES string of the molecule is COc1ccc(-c2coc3cc(OC(=O)c4ccc(Cl)cc4)ccc3c2=O)cc1OC. The number of rotatable bonds is 5. The molecule has 1 heterocycles. The normalized spacial score (nSPS) is 10.7. The quantitative estimate of drug-likeness (QED) is 0.310. The fraction of sp³-hybridized carbons (Fsp3) is 0.0833. The van der Waals surface area contributed by atoms with E-state index in [9.17, 15) is 9.59 Å². The third kappa shape index (κ3) is 4.11. The van der Waals surface area contributed by atoms with E-state index in [4.69, 9.17) is 30.2 Å². The van der Waals surface area contributed by atoms with Crippen LogP contribution in [-0.2, 0) is 0 Å². The van der Waals surface area contributed by atoms with E-state index in [1.807, 2.05) is 0 Å². The first-order chi connectivity index (χ1) is 15.0. The second-order valence-corrected chi connectivity index (χ2v) is 7.04. The molecule has 0 bridgehead atoms. The predicted molar refractivity (Wildman–Crippen MR) is 117 cm³/mol. The highest BCUT2D eigenvalue weighted by atomic mass is 35.5. The van der Waals surface area contributed by atoms with Gasteiger partial charge in [0.15, 0.2) is 16.9 Å². The van der Waals surface area contributed by atoms with Gasteiger partial charge in [0.2, 0.25) is 0 Å². The number of hydrogen-bond donors (Lipinski definition) is 0. The Morgan fingerprint density at radius 3 is 2.35 bits per heavy atom. The Morgan fingerprint density at radius 1 is 0.903 bits per heavy atom. The van der Waals surface area contributed by atoms with Crippen molar-refractivity contribution >= 4 is 28.5 Å². The molecule has 0 atom stereocenters. The van der Waals surface area contributed by atoms with Crippen molar-refractivity contribution in [1.82, 2.24) is 0 Å². The maximum Gasteiger partial charge on any atom is 0.343 e. The van der Waals surface area contributed by atoms with Crippen molar-refractivity contribution < 1.29 is 23.4 Å². The number of benzene rings is 3. The van der Waals surface area contributed by atoms with Crippen molar-refractivity contribution in [3.8, 4) is 28.4 Å². The molecule has 0 unspecified atom stereocenters. The molecule has 0 fully saturated rings. The van der Waals surface area contributed by atoms with Crippen molar-refractivity contribution in [2.45, 2.75) is 0 Å². The van der Waals surface area contributed by atoms with Gasteiger partial charge in [0.25, 0.3) is 0 Å². The first-order valence-corrected chi connectivity index (χ1v) is 9.63. The summed E-state index contributed by atoms with van der Waals surface area (Å²) in [5.74, 6) is 0.780. The maximum absolute atomic E-state index is 13.0. The molecule has 0 aliphatic heterocycles. The maximum atomic E-state index is 13.0. The molecule has 6 nitrogen and oxygen atoms in total. The molecule has 0 saturated carbocycles. The monoisotopic (exact) mass is 436 g/mol. The van der Waals surface area contributed by atoms with Gasteiger partial charge in [-0.1, -0.05) is 17.7 Å². The van der Waals surface area contributed by atoms with Gasteiger partial charge < -0.3 is 18.6 Å². The number of fused-ring (bicyclic) bond motifs is 1. The van der Waals surface area contributed by atoms with Gasteiger partial charge in [-0.2, -0.15) is 0 Å². The second kappa shape index (κ2) is 8.53. The molecule has 0 spiro atoms. The summed E-state index contributed by atoms with van der Waals surface area (Å²) in [6, 6.07) is 16.1. The van der Waals surface area contributed by atoms with Crippen LogP contribution in [0.15, 0.2) is 76.1 Å². The van der Waals surface area contributed by atoms with Gasteiger partial charge in [0.1, 0.15) is 17.6 Å². The Hall–Kier alpha value is -3.77. The van der Waals surface area contributed by atoms with Gasteiger partial charge in [-0.05, 0) is 54.1 Å². The molecule has 7 heteroatoms. The number of methoxy groups -OCH3 is 2. The van der Waals surface area contributed by atoms with E-state index < -0.39 is 5.97 Å². The zero-order valence-corrected chi connectivity index (χ0v) is 17.4. The molecule has 4 rings (SSSR count). The summed E-state index contributed by atoms with van der Waals surface area (Å²) in [6.45, 7) is 0. The minimum Gasteiger partial charge on any atom is -0.493 e. The predicted octanol–water partition coefficient (Wildman–Crippen LogP) is 5.35. The summed E-state index contributed by atoms with van der Waals surface area (Å²) in [5, 5.41) is 0.882. The van der Waals surface area contributed by atoms with Crippen LogP contribution >= 0.6 is 11.6 Å². The van der Waals surface area contributed by atoms with E-state index in [2.05, 4.69) is 0 Å². The highest BCUT2D eigenvalue weighted by Crippen LogP contribution is 2.32. The van der Waals surface area contributed by atoms with E-state index in [-0.39, 0.29) is 11.2 Å². The number of esters is 1. The van der Waals surface area contributed by atoms with Crippen LogP contribution in [0.25, 0.3) is 22.1 Å². The van der Waals surface area contributed by atoms with Gasteiger partial charge in [-0.3, -0.25) is 4.79 Å². The van der Waals surface area contributed by atoms with Gasteiger partial charge in [0.05, 0.1) is 30.7 Å². The summed E-state index contributed by atoms with van der Waals surface area (Å²) in [6.07, 6.45) is 1.37. The van der Waals surface area contributed by atoms with E-state index in [0.717, 1.165) is 0 Å². The van der Waals surface area contributed by atoms with Gasteiger partial charge in [0, 0.05) is 11.1 Å². The molecule has 0 aliphatic carbocycles. The Labute approximate surface area is 182 Å². The fourth-order valence-corrected chi connectivity index (χ4v) is 3.25. The van der Waals surface area contributed by atoms with E-state index >= 15 is 0 Å². The summed E-state index contributed by atoms with van der Waals surface area (Å²) in [7, 11) is 3.07. The lowest BCUT2D eigenvalue weighted by Crippen LogP contribution is -2.09. The van der Waals surface area contributed by atoms with Gasteiger partial charge in [-0.15, -0.1) is 0 Å². The fourth-order valence-electron chi connectivity index (χ4n) is 3.13. The number of halogens is 1. The minimum atomic E-state index is -0.541. The smallest absolute Gasteiger partial charge is 0.343 e. The largest absolute Gasteiger partial charge is 0.493 e. The van der Waals surface area contributed by atoms with Gasteiger partial charge in [-0.25, -0.2) is 4.79 Å². The van der Waals surface area contributed by atoms with Crippen molar-refractivity contribution in [3.63, 3.8) is 0 Å². The Kier molecular flexibility index (Phi) is 5.64. The van der Waals surface area contributed by atoms with Crippen LogP contribution in [0.4, 0.5) is 0 Å². The minimum absolute atomic E-state index is 0.218. The summed E-state index contributed by atoms with van der Waals surface area (Å²) < 4.78 is 21.6. The standard InChI is InChI=1S/C24H17ClO6/c1-28-20-10-5-15(11-22(20)29-2)19-13-30-21-12-17(8-9-18(21)23(19)26)31-24(27)14-3-6-16(25)7-4-14/h3-13H,1-2H3. The highest BCUT2D eigenvalue weighted by Gasteiger charge is 2.14. The lowest BCUT2D eigenvalue weighted by Gasteiger charge is -2.10. The van der Waals surface area contributed by atoms with E-state index in [0.29, 0.717) is 44.2 Å². The first kappa shape index (κ1) is 20.5. The van der Waals surface area contributed by atoms with Crippen molar-refractivity contribution in [1.29, 1.82) is 0 Å². The summed E-state index contributed by atoms with van der Waals surface area (Å²) >= 11 is 5.84. The number of hydrogen-bond acceptors (Lipinski definition) is 6.